The number of nitrogens with one attached hydrogen (secondary N) is 2. The van der Waals surface area contributed by atoms with Crippen LogP contribution < -0.4 is 10.6 Å². The van der Waals surface area contributed by atoms with Crippen molar-refractivity contribution in [3.63, 3.8) is 0 Å². The highest BCUT2D eigenvalue weighted by atomic mass is 32.1. The Morgan fingerprint density at radius 2 is 1.88 bits per heavy atom. The number of nitrogens with zero attached hydrogens (tertiary/aromatic N) is 2. The van der Waals surface area contributed by atoms with Crippen LogP contribution in [-0.4, -0.2) is 21.0 Å². The molecule has 0 spiro atoms. The molecule has 7 heteroatoms. The lowest BCUT2D eigenvalue weighted by atomic mass is 9.96. The Labute approximate surface area is 150 Å². The summed E-state index contributed by atoms with van der Waals surface area (Å²) in [7, 11) is 0. The summed E-state index contributed by atoms with van der Waals surface area (Å²) >= 11 is 5.17. The summed E-state index contributed by atoms with van der Waals surface area (Å²) in [6.45, 7) is 5.48. The molecule has 0 saturated heterocycles. The Kier molecular flexibility index (Phi) is 4.50. The molecule has 2 heterocycles. The van der Waals surface area contributed by atoms with Gasteiger partial charge in [0.2, 0.25) is 11.8 Å². The van der Waals surface area contributed by atoms with Gasteiger partial charge in [0, 0.05) is 22.9 Å². The maximum absolute atomic E-state index is 11.9. The first-order valence-electron chi connectivity index (χ1n) is 7.77. The zero-order valence-electron chi connectivity index (χ0n) is 14.2. The number of carbonyl (C=O) groups is 1. The molecule has 3 aromatic rings. The van der Waals surface area contributed by atoms with Crippen molar-refractivity contribution >= 4 is 40.2 Å². The maximum Gasteiger partial charge on any atom is 0.231 e. The second-order valence-electron chi connectivity index (χ2n) is 6.58. The van der Waals surface area contributed by atoms with Crippen molar-refractivity contribution in [3.05, 3.63) is 42.6 Å². The summed E-state index contributed by atoms with van der Waals surface area (Å²) in [4.78, 5) is 20.4. The van der Waals surface area contributed by atoms with Gasteiger partial charge in [-0.25, -0.2) is 4.98 Å². The third kappa shape index (κ3) is 4.00. The zero-order valence-corrected chi connectivity index (χ0v) is 15.0. The monoisotopic (exact) mass is 354 g/mol. The number of benzene rings is 1. The van der Waals surface area contributed by atoms with Crippen LogP contribution in [0.2, 0.25) is 0 Å². The van der Waals surface area contributed by atoms with Gasteiger partial charge in [-0.2, -0.15) is 4.98 Å². The van der Waals surface area contributed by atoms with Crippen LogP contribution in [0, 0.1) is 5.41 Å². The van der Waals surface area contributed by atoms with E-state index in [1.165, 1.54) is 0 Å². The molecule has 3 rings (SSSR count). The predicted molar refractivity (Wildman–Crippen MR) is 101 cm³/mol. The number of aromatic nitrogens is 2. The van der Waals surface area contributed by atoms with E-state index in [2.05, 4.69) is 20.6 Å². The molecule has 0 fully saturated rings. The van der Waals surface area contributed by atoms with Gasteiger partial charge in [0.05, 0.1) is 0 Å². The normalized spacial score (nSPS) is 11.3. The largest absolute Gasteiger partial charge is 0.434 e. The maximum atomic E-state index is 11.9. The zero-order chi connectivity index (χ0) is 18.0. The molecule has 0 aliphatic heterocycles. The van der Waals surface area contributed by atoms with Gasteiger partial charge in [0.1, 0.15) is 0 Å². The number of oxazole rings is 1. The lowest BCUT2D eigenvalue weighted by Crippen LogP contribution is -2.41. The molecular formula is C18H18N4O2S. The first-order chi connectivity index (χ1) is 11.8. The number of rotatable bonds is 2. The molecule has 0 radical (unpaired) electrons. The summed E-state index contributed by atoms with van der Waals surface area (Å²) in [5, 5.41) is 5.92. The lowest BCUT2D eigenvalue weighted by Gasteiger charge is -2.18. The van der Waals surface area contributed by atoms with Crippen molar-refractivity contribution in [2.75, 3.05) is 5.32 Å². The Balaban J connectivity index is 1.70. The van der Waals surface area contributed by atoms with E-state index >= 15 is 0 Å². The highest BCUT2D eigenvalue weighted by molar-refractivity contribution is 7.80. The molecule has 6 nitrogen and oxygen atoms in total. The van der Waals surface area contributed by atoms with E-state index in [4.69, 9.17) is 16.6 Å². The smallest absolute Gasteiger partial charge is 0.231 e. The summed E-state index contributed by atoms with van der Waals surface area (Å²) < 4.78 is 5.69. The molecular weight excluding hydrogens is 336 g/mol. The predicted octanol–water partition coefficient (Wildman–Crippen LogP) is 3.75. The van der Waals surface area contributed by atoms with E-state index in [1.54, 1.807) is 12.3 Å². The fourth-order valence-corrected chi connectivity index (χ4v) is 2.25. The van der Waals surface area contributed by atoms with Crippen LogP contribution in [0.1, 0.15) is 20.8 Å². The van der Waals surface area contributed by atoms with Crippen LogP contribution in [0.3, 0.4) is 0 Å². The van der Waals surface area contributed by atoms with Gasteiger partial charge in [0.25, 0.3) is 0 Å². The van der Waals surface area contributed by atoms with Crippen molar-refractivity contribution in [1.29, 1.82) is 0 Å². The molecule has 128 valence electrons. The highest BCUT2D eigenvalue weighted by Crippen LogP contribution is 2.24. The minimum absolute atomic E-state index is 0.138. The average molecular weight is 354 g/mol. The van der Waals surface area contributed by atoms with Crippen LogP contribution in [-0.2, 0) is 4.79 Å². The van der Waals surface area contributed by atoms with Crippen LogP contribution in [0.4, 0.5) is 5.69 Å². The third-order valence-corrected chi connectivity index (χ3v) is 3.67. The second kappa shape index (κ2) is 6.60. The van der Waals surface area contributed by atoms with Crippen molar-refractivity contribution in [2.24, 2.45) is 5.41 Å². The first kappa shape index (κ1) is 17.0. The van der Waals surface area contributed by atoms with E-state index in [0.717, 1.165) is 11.3 Å². The van der Waals surface area contributed by atoms with E-state index in [0.29, 0.717) is 17.1 Å². The topological polar surface area (TPSA) is 80.0 Å². The number of thiocarbonyl (C=S) groups is 1. The van der Waals surface area contributed by atoms with Crippen molar-refractivity contribution in [2.45, 2.75) is 20.8 Å². The molecule has 0 unspecified atom stereocenters. The van der Waals surface area contributed by atoms with E-state index < -0.39 is 5.41 Å². The molecule has 1 aromatic carbocycles. The third-order valence-electron chi connectivity index (χ3n) is 3.46. The molecule has 0 atom stereocenters. The number of hydrogen-bond acceptors (Lipinski definition) is 5. The number of hydrogen-bond donors (Lipinski definition) is 2. The number of pyridine rings is 1. The van der Waals surface area contributed by atoms with E-state index in [-0.39, 0.29) is 11.0 Å². The fourth-order valence-electron chi connectivity index (χ4n) is 2.04. The second-order valence-corrected chi connectivity index (χ2v) is 6.99. The summed E-state index contributed by atoms with van der Waals surface area (Å²) in [5.41, 5.74) is 2.30. The number of anilines is 1. The minimum Gasteiger partial charge on any atom is -0.434 e. The quantitative estimate of drug-likeness (QED) is 0.682. The van der Waals surface area contributed by atoms with Crippen LogP contribution in [0.5, 0.6) is 0 Å². The minimum atomic E-state index is -0.503. The number of fused-ring (bicyclic) bond motifs is 1. The van der Waals surface area contributed by atoms with E-state index in [1.807, 2.05) is 51.1 Å². The average Bonchev–Trinajstić information content (AvgIpc) is 2.98. The Hall–Kier alpha value is -2.80. The summed E-state index contributed by atoms with van der Waals surface area (Å²) in [5.74, 6) is 0.365. The van der Waals surface area contributed by atoms with Crippen molar-refractivity contribution < 1.29 is 9.21 Å². The van der Waals surface area contributed by atoms with Gasteiger partial charge < -0.3 is 15.1 Å². The Bertz CT molecular complexity index is 893. The summed E-state index contributed by atoms with van der Waals surface area (Å²) in [6.07, 6.45) is 1.68. The highest BCUT2D eigenvalue weighted by Gasteiger charge is 2.21. The van der Waals surface area contributed by atoms with Crippen LogP contribution >= 0.6 is 12.2 Å². The van der Waals surface area contributed by atoms with Gasteiger partial charge in [0.15, 0.2) is 16.3 Å². The molecule has 0 aliphatic carbocycles. The van der Waals surface area contributed by atoms with Crippen LogP contribution in [0.25, 0.3) is 22.7 Å². The van der Waals surface area contributed by atoms with Gasteiger partial charge >= 0.3 is 0 Å². The Morgan fingerprint density at radius 3 is 2.52 bits per heavy atom. The molecule has 2 N–H and O–H groups in total. The summed E-state index contributed by atoms with van der Waals surface area (Å²) in [6, 6.07) is 11.0. The molecule has 0 saturated carbocycles. The molecule has 2 aromatic heterocycles. The van der Waals surface area contributed by atoms with Crippen LogP contribution in [0.15, 0.2) is 47.0 Å². The lowest BCUT2D eigenvalue weighted by molar-refractivity contribution is -0.126. The molecule has 0 aliphatic rings. The van der Waals surface area contributed by atoms with Crippen molar-refractivity contribution in [3.8, 4) is 11.5 Å². The standard InChI is InChI=1S/C18H18N4O2S/c1-18(2,3)16(23)22-17(25)20-12-8-6-11(7-9-12)15-21-14-13(24-15)5-4-10-19-14/h4-10H,1-3H3,(H2,20,22,23,25). The SMILES string of the molecule is CC(C)(C)C(=O)NC(=S)Nc1ccc(-c2nc3ncccc3o2)cc1. The van der Waals surface area contributed by atoms with Crippen molar-refractivity contribution in [1.82, 2.24) is 15.3 Å². The van der Waals surface area contributed by atoms with Gasteiger partial charge in [-0.05, 0) is 48.6 Å². The van der Waals surface area contributed by atoms with Gasteiger partial charge in [-0.3, -0.25) is 4.79 Å². The number of carbonyl (C=O) groups excluding carboxylic acids is 1. The number of amides is 1. The van der Waals surface area contributed by atoms with Gasteiger partial charge in [-0.15, -0.1) is 0 Å². The molecule has 0 bridgehead atoms. The fraction of sp³-hybridized carbons (Fsp3) is 0.222. The first-order valence-corrected chi connectivity index (χ1v) is 8.18. The molecule has 1 amide bonds. The Morgan fingerprint density at radius 1 is 1.16 bits per heavy atom. The van der Waals surface area contributed by atoms with E-state index in [9.17, 15) is 4.79 Å². The van der Waals surface area contributed by atoms with Gasteiger partial charge in [-0.1, -0.05) is 20.8 Å². The molecule has 25 heavy (non-hydrogen) atoms.